The number of nitro benzene ring substituents is 1. The third-order valence-corrected chi connectivity index (χ3v) is 6.51. The second-order valence-electron chi connectivity index (χ2n) is 8.76. The molecule has 0 radical (unpaired) electrons. The van der Waals surface area contributed by atoms with E-state index < -0.39 is 17.6 Å². The topological polar surface area (TPSA) is 146 Å². The van der Waals surface area contributed by atoms with E-state index in [4.69, 9.17) is 4.74 Å². The van der Waals surface area contributed by atoms with Gasteiger partial charge in [-0.25, -0.2) is 4.98 Å². The number of piperidine rings is 1. The molecule has 2 fully saturated rings. The number of rotatable bonds is 6. The van der Waals surface area contributed by atoms with Crippen molar-refractivity contribution in [3.8, 4) is 0 Å². The summed E-state index contributed by atoms with van der Waals surface area (Å²) in [5, 5.41) is 33.5. The second kappa shape index (κ2) is 10.1. The van der Waals surface area contributed by atoms with Crippen LogP contribution in [0, 0.1) is 10.1 Å². The number of hydrogen-bond acceptors (Lipinski definition) is 10. The van der Waals surface area contributed by atoms with E-state index in [1.807, 2.05) is 0 Å². The van der Waals surface area contributed by atoms with Crippen LogP contribution in [0.15, 0.2) is 29.2 Å². The van der Waals surface area contributed by atoms with Crippen molar-refractivity contribution < 1.29 is 19.7 Å². The fourth-order valence-electron chi connectivity index (χ4n) is 4.74. The molecule has 0 saturated carbocycles. The molecule has 1 unspecified atom stereocenters. The molecule has 2 aliphatic rings. The second-order valence-corrected chi connectivity index (χ2v) is 8.76. The number of nitrogens with zero attached hydrogens (tertiary/aromatic N) is 5. The fraction of sp³-hybridized carbons (Fsp3) is 0.524. The smallest absolute Gasteiger partial charge is 0.422 e. The number of aryl methyl sites for hydroxylation is 1. The standard InChI is InChI=1S/C21H29BN6O6/c1-14-11-16(26-7-9-34-10-8-26)5-6-27(14)17-4-3-15(12-18(17)28(32)33)23-20-21(29)25(2)13-19(24-20)22(30)31/h3-4,12-14,16,30-31H,5-11H2,1-2H3,(H,23,24)/t14-,16?/m0/s1. The van der Waals surface area contributed by atoms with Crippen LogP contribution in [-0.4, -0.2) is 81.5 Å². The number of aromatic nitrogens is 2. The summed E-state index contributed by atoms with van der Waals surface area (Å²) in [6.07, 6.45) is 3.04. The van der Waals surface area contributed by atoms with Crippen molar-refractivity contribution in [2.75, 3.05) is 43.1 Å². The van der Waals surface area contributed by atoms with Gasteiger partial charge in [0.25, 0.3) is 11.2 Å². The first kappa shape index (κ1) is 24.1. The summed E-state index contributed by atoms with van der Waals surface area (Å²) in [6, 6.07) is 5.27. The molecule has 0 aliphatic carbocycles. The Hall–Kier alpha value is -3.00. The minimum absolute atomic E-state index is 0.0724. The van der Waals surface area contributed by atoms with Gasteiger partial charge in [-0.2, -0.15) is 0 Å². The molecule has 182 valence electrons. The Morgan fingerprint density at radius 2 is 2.00 bits per heavy atom. The van der Waals surface area contributed by atoms with Gasteiger partial charge in [-0.05, 0) is 31.9 Å². The Morgan fingerprint density at radius 1 is 1.26 bits per heavy atom. The van der Waals surface area contributed by atoms with Crippen LogP contribution >= 0.6 is 0 Å². The molecule has 13 heteroatoms. The van der Waals surface area contributed by atoms with Crippen LogP contribution in [0.25, 0.3) is 0 Å². The van der Waals surface area contributed by atoms with Gasteiger partial charge in [0.15, 0.2) is 5.82 Å². The Bertz CT molecular complexity index is 1110. The molecule has 0 bridgehead atoms. The van der Waals surface area contributed by atoms with Crippen molar-refractivity contribution in [2.24, 2.45) is 7.05 Å². The highest BCUT2D eigenvalue weighted by molar-refractivity contribution is 6.57. The van der Waals surface area contributed by atoms with Crippen LogP contribution < -0.4 is 21.4 Å². The van der Waals surface area contributed by atoms with Crippen molar-refractivity contribution in [2.45, 2.75) is 31.8 Å². The maximum Gasteiger partial charge on any atom is 0.509 e. The van der Waals surface area contributed by atoms with Crippen molar-refractivity contribution in [3.05, 3.63) is 44.9 Å². The molecule has 2 aliphatic heterocycles. The van der Waals surface area contributed by atoms with Crippen molar-refractivity contribution >= 4 is 35.6 Å². The van der Waals surface area contributed by atoms with Crippen molar-refractivity contribution in [3.63, 3.8) is 0 Å². The normalized spacial score (nSPS) is 21.4. The zero-order chi connectivity index (χ0) is 24.4. The Labute approximate surface area is 197 Å². The van der Waals surface area contributed by atoms with E-state index in [-0.39, 0.29) is 23.1 Å². The van der Waals surface area contributed by atoms with E-state index in [1.54, 1.807) is 12.1 Å². The molecule has 0 spiro atoms. The number of benzene rings is 1. The zero-order valence-electron chi connectivity index (χ0n) is 19.3. The lowest BCUT2D eigenvalue weighted by atomic mass is 9.87. The number of ether oxygens (including phenoxy) is 1. The molecule has 12 nitrogen and oxygen atoms in total. The lowest BCUT2D eigenvalue weighted by molar-refractivity contribution is -0.384. The highest BCUT2D eigenvalue weighted by atomic mass is 16.6. The van der Waals surface area contributed by atoms with Crippen LogP contribution in [0.3, 0.4) is 0 Å². The first-order valence-electron chi connectivity index (χ1n) is 11.3. The molecular formula is C21H29BN6O6. The van der Waals surface area contributed by atoms with Gasteiger partial charge < -0.3 is 29.6 Å². The molecule has 34 heavy (non-hydrogen) atoms. The number of morpholine rings is 1. The van der Waals surface area contributed by atoms with E-state index in [0.717, 1.165) is 43.7 Å². The van der Waals surface area contributed by atoms with Gasteiger partial charge in [0.1, 0.15) is 5.69 Å². The summed E-state index contributed by atoms with van der Waals surface area (Å²) in [7, 11) is -0.403. The monoisotopic (exact) mass is 472 g/mol. The average molecular weight is 472 g/mol. The van der Waals surface area contributed by atoms with E-state index >= 15 is 0 Å². The van der Waals surface area contributed by atoms with Crippen LogP contribution in [0.5, 0.6) is 0 Å². The first-order valence-corrected chi connectivity index (χ1v) is 11.3. The summed E-state index contributed by atoms with van der Waals surface area (Å²) >= 11 is 0. The minimum atomic E-state index is -1.86. The van der Waals surface area contributed by atoms with Gasteiger partial charge in [0, 0.05) is 56.7 Å². The SMILES string of the molecule is C[C@H]1CC(N2CCOCC2)CCN1c1ccc(Nc2nc(B(O)O)cn(C)c2=O)cc1[N+](=O)[O-]. The predicted molar refractivity (Wildman–Crippen MR) is 128 cm³/mol. The van der Waals surface area contributed by atoms with E-state index in [0.29, 0.717) is 24.0 Å². The van der Waals surface area contributed by atoms with Crippen LogP contribution in [0.4, 0.5) is 22.9 Å². The van der Waals surface area contributed by atoms with Crippen LogP contribution in [0.2, 0.25) is 0 Å². The highest BCUT2D eigenvalue weighted by Gasteiger charge is 2.33. The lowest BCUT2D eigenvalue weighted by Gasteiger charge is -2.44. The summed E-state index contributed by atoms with van der Waals surface area (Å²) in [6.45, 7) is 6.11. The van der Waals surface area contributed by atoms with Crippen molar-refractivity contribution in [1.82, 2.24) is 14.5 Å². The Morgan fingerprint density at radius 3 is 2.65 bits per heavy atom. The fourth-order valence-corrected chi connectivity index (χ4v) is 4.74. The molecule has 3 heterocycles. The minimum Gasteiger partial charge on any atom is -0.422 e. The van der Waals surface area contributed by atoms with Crippen LogP contribution in [-0.2, 0) is 11.8 Å². The number of nitro groups is 1. The summed E-state index contributed by atoms with van der Waals surface area (Å²) in [5.41, 5.74) is 0.142. The van der Waals surface area contributed by atoms with Gasteiger partial charge in [0.05, 0.1) is 23.7 Å². The quantitative estimate of drug-likeness (QED) is 0.294. The third kappa shape index (κ3) is 5.07. The van der Waals surface area contributed by atoms with Gasteiger partial charge in [-0.3, -0.25) is 19.8 Å². The summed E-state index contributed by atoms with van der Waals surface area (Å²) in [5.74, 6) is -0.158. The van der Waals surface area contributed by atoms with Gasteiger partial charge in [-0.15, -0.1) is 0 Å². The first-order chi connectivity index (χ1) is 16.2. The van der Waals surface area contributed by atoms with Crippen molar-refractivity contribution in [1.29, 1.82) is 0 Å². The average Bonchev–Trinajstić information content (AvgIpc) is 2.82. The maximum absolute atomic E-state index is 12.4. The highest BCUT2D eigenvalue weighted by Crippen LogP contribution is 2.36. The van der Waals surface area contributed by atoms with E-state index in [2.05, 4.69) is 27.0 Å². The zero-order valence-corrected chi connectivity index (χ0v) is 19.3. The summed E-state index contributed by atoms with van der Waals surface area (Å²) < 4.78 is 6.61. The van der Waals surface area contributed by atoms with E-state index in [1.165, 1.54) is 19.3 Å². The third-order valence-electron chi connectivity index (χ3n) is 6.51. The van der Waals surface area contributed by atoms with Gasteiger partial charge >= 0.3 is 7.12 Å². The largest absolute Gasteiger partial charge is 0.509 e. The summed E-state index contributed by atoms with van der Waals surface area (Å²) in [4.78, 5) is 32.4. The lowest BCUT2D eigenvalue weighted by Crippen LogP contribution is -2.52. The molecule has 4 rings (SSSR count). The van der Waals surface area contributed by atoms with Gasteiger partial charge in [-0.1, -0.05) is 0 Å². The van der Waals surface area contributed by atoms with E-state index in [9.17, 15) is 25.0 Å². The molecule has 1 aromatic heterocycles. The molecule has 2 saturated heterocycles. The number of nitrogens with one attached hydrogen (secondary N) is 1. The molecule has 0 amide bonds. The molecule has 3 N–H and O–H groups in total. The molecule has 2 aromatic rings. The number of hydrogen-bond donors (Lipinski definition) is 3. The van der Waals surface area contributed by atoms with Crippen LogP contribution in [0.1, 0.15) is 19.8 Å². The Balaban J connectivity index is 1.56. The maximum atomic E-state index is 12.4. The number of anilines is 3. The Kier molecular flexibility index (Phi) is 7.17. The molecule has 2 atom stereocenters. The van der Waals surface area contributed by atoms with Gasteiger partial charge in [0.2, 0.25) is 0 Å². The molecule has 1 aromatic carbocycles. The predicted octanol–water partition coefficient (Wildman–Crippen LogP) is -0.199. The molecular weight excluding hydrogens is 443 g/mol.